The smallest absolute Gasteiger partial charge is 0.0450 e. The molecule has 2 atom stereocenters. The van der Waals surface area contributed by atoms with Crippen LogP contribution in [0, 0.1) is 24.7 Å². The molecule has 1 aromatic rings. The van der Waals surface area contributed by atoms with Crippen molar-refractivity contribution >= 4 is 16.9 Å². The summed E-state index contributed by atoms with van der Waals surface area (Å²) in [5.41, 5.74) is 7.70. The summed E-state index contributed by atoms with van der Waals surface area (Å²) in [4.78, 5) is 4.54. The Kier molecular flexibility index (Phi) is 25.9. The van der Waals surface area contributed by atoms with Crippen molar-refractivity contribution in [1.82, 2.24) is 0 Å². The number of aryl methyl sites for hydroxylation is 1. The number of aliphatic imine (C=N–C) groups is 1. The zero-order chi connectivity index (χ0) is 31.8. The van der Waals surface area contributed by atoms with Gasteiger partial charge in [-0.3, -0.25) is 4.99 Å². The fourth-order valence-electron chi connectivity index (χ4n) is 5.26. The molecule has 0 heterocycles. The van der Waals surface area contributed by atoms with Crippen molar-refractivity contribution < 1.29 is 0 Å². The van der Waals surface area contributed by atoms with Crippen molar-refractivity contribution in [3.63, 3.8) is 0 Å². The first kappa shape index (κ1) is 41.2. The summed E-state index contributed by atoms with van der Waals surface area (Å²) in [7, 11) is 0. The highest BCUT2D eigenvalue weighted by Crippen LogP contribution is 2.30. The fraction of sp³-hybridized carbons (Fsp3) is 0.675. The van der Waals surface area contributed by atoms with Crippen LogP contribution in [0.2, 0.25) is 0 Å². The second-order valence-electron chi connectivity index (χ2n) is 12.4. The maximum Gasteiger partial charge on any atom is 0.0450 e. The number of unbranched alkanes of at least 4 members (excludes halogenated alkanes) is 2. The molecule has 2 aliphatic rings. The number of nitrogens with zero attached hydrogens (tertiary/aromatic N) is 1. The van der Waals surface area contributed by atoms with Crippen LogP contribution in [0.15, 0.2) is 48.1 Å². The van der Waals surface area contributed by atoms with Gasteiger partial charge < -0.3 is 0 Å². The lowest BCUT2D eigenvalue weighted by atomic mass is 9.82. The van der Waals surface area contributed by atoms with Crippen LogP contribution in [0.3, 0.4) is 0 Å². The molecule has 1 unspecified atom stereocenters. The third kappa shape index (κ3) is 19.8. The Hall–Kier alpha value is -1.89. The first-order valence-corrected chi connectivity index (χ1v) is 17.1. The van der Waals surface area contributed by atoms with Gasteiger partial charge in [-0.1, -0.05) is 174 Å². The van der Waals surface area contributed by atoms with Crippen LogP contribution in [0.4, 0.5) is 0 Å². The topological polar surface area (TPSA) is 12.4 Å². The second-order valence-corrected chi connectivity index (χ2v) is 12.4. The highest BCUT2D eigenvalue weighted by Gasteiger charge is 2.15. The van der Waals surface area contributed by atoms with Gasteiger partial charge in [-0.05, 0) is 63.5 Å². The minimum atomic E-state index is 0.987. The van der Waals surface area contributed by atoms with Crippen molar-refractivity contribution in [1.29, 1.82) is 0 Å². The van der Waals surface area contributed by atoms with E-state index in [1.54, 1.807) is 0 Å². The summed E-state index contributed by atoms with van der Waals surface area (Å²) in [6.45, 7) is 33.7. The summed E-state index contributed by atoms with van der Waals surface area (Å²) in [5.74, 6) is 3.04. The Bertz CT molecular complexity index is 862. The minimum Gasteiger partial charge on any atom is -0.263 e. The molecule has 236 valence electrons. The quantitative estimate of drug-likeness (QED) is 0.240. The van der Waals surface area contributed by atoms with Gasteiger partial charge in [0.2, 0.25) is 0 Å². The van der Waals surface area contributed by atoms with Crippen molar-refractivity contribution in [2.45, 2.75) is 160 Å². The third-order valence-corrected chi connectivity index (χ3v) is 8.05. The van der Waals surface area contributed by atoms with Crippen molar-refractivity contribution in [2.24, 2.45) is 22.7 Å². The van der Waals surface area contributed by atoms with E-state index in [9.17, 15) is 0 Å². The second kappa shape index (κ2) is 25.8. The van der Waals surface area contributed by atoms with E-state index in [2.05, 4.69) is 77.9 Å². The molecule has 0 aliphatic heterocycles. The van der Waals surface area contributed by atoms with E-state index >= 15 is 0 Å². The molecule has 1 aromatic carbocycles. The Morgan fingerprint density at radius 3 is 1.61 bits per heavy atom. The van der Waals surface area contributed by atoms with Crippen LogP contribution < -0.4 is 0 Å². The molecule has 0 aromatic heterocycles. The number of allylic oxidation sites excluding steroid dienone is 4. The molecule has 0 spiro atoms. The highest BCUT2D eigenvalue weighted by atomic mass is 14.7. The minimum absolute atomic E-state index is 0.987. The van der Waals surface area contributed by atoms with Gasteiger partial charge in [-0.25, -0.2) is 0 Å². The number of benzene rings is 1. The summed E-state index contributed by atoms with van der Waals surface area (Å²) >= 11 is 0. The molecule has 0 radical (unpaired) electrons. The van der Waals surface area contributed by atoms with Crippen LogP contribution in [0.1, 0.15) is 170 Å². The number of rotatable bonds is 6. The predicted molar refractivity (Wildman–Crippen MR) is 193 cm³/mol. The van der Waals surface area contributed by atoms with Crippen LogP contribution in [-0.2, 0) is 0 Å². The Labute approximate surface area is 259 Å². The summed E-state index contributed by atoms with van der Waals surface area (Å²) in [6, 6.07) is 6.40. The van der Waals surface area contributed by atoms with E-state index in [1.807, 2.05) is 47.6 Å². The molecule has 3 rings (SSSR count). The average molecular weight is 566 g/mol. The largest absolute Gasteiger partial charge is 0.263 e. The van der Waals surface area contributed by atoms with Gasteiger partial charge in [-0.15, -0.1) is 0 Å². The van der Waals surface area contributed by atoms with E-state index in [-0.39, 0.29) is 0 Å². The lowest BCUT2D eigenvalue weighted by Gasteiger charge is -2.24. The zero-order valence-corrected chi connectivity index (χ0v) is 29.9. The normalized spacial score (nSPS) is 18.6. The van der Waals surface area contributed by atoms with Crippen molar-refractivity contribution in [3.05, 3.63) is 59.8 Å². The van der Waals surface area contributed by atoms with E-state index < -0.39 is 0 Å². The van der Waals surface area contributed by atoms with Crippen LogP contribution in [0.5, 0.6) is 0 Å². The Balaban J connectivity index is 0. The molecule has 2 aliphatic carbocycles. The Morgan fingerprint density at radius 1 is 0.805 bits per heavy atom. The van der Waals surface area contributed by atoms with E-state index in [1.165, 1.54) is 88.2 Å². The van der Waals surface area contributed by atoms with Gasteiger partial charge in [0.15, 0.2) is 0 Å². The van der Waals surface area contributed by atoms with Gasteiger partial charge in [0.25, 0.3) is 0 Å². The monoisotopic (exact) mass is 566 g/mol. The molecule has 1 heteroatoms. The molecule has 2 fully saturated rings. The number of hydrogen-bond acceptors (Lipinski definition) is 1. The molecule has 0 amide bonds. The standard InChI is InChI=1S/C18H23N.C8H16.C7H14.C5H12.C2H6/c1-8-16(15(7)19-13(4)5)17-10-9-14(6)11-18(17)12(2)3;1-7-5-3-4-6-8(7)2;1-7-5-3-2-4-6-7;1-3-5-4-2;1-2/h8-11H,1-2H2,3-7H3;7-8H,3-6H2,1-2H3;7H,2-6H2,1H3;3-5H2,1-2H3;1-2H3/b16-15+;;;;/t;7-,8?;;;/m.1.../s1. The van der Waals surface area contributed by atoms with E-state index in [4.69, 9.17) is 0 Å². The molecule has 0 saturated heterocycles. The first-order valence-electron chi connectivity index (χ1n) is 17.1. The molecule has 1 nitrogen and oxygen atoms in total. The lowest BCUT2D eigenvalue weighted by molar-refractivity contribution is 0.277. The molecule has 0 bridgehead atoms. The first-order chi connectivity index (χ1) is 19.5. The van der Waals surface area contributed by atoms with Crippen LogP contribution >= 0.6 is 0 Å². The van der Waals surface area contributed by atoms with Gasteiger partial charge in [-0.2, -0.15) is 0 Å². The van der Waals surface area contributed by atoms with Gasteiger partial charge >= 0.3 is 0 Å². The van der Waals surface area contributed by atoms with Crippen molar-refractivity contribution in [2.75, 3.05) is 0 Å². The van der Waals surface area contributed by atoms with E-state index in [0.29, 0.717) is 0 Å². The van der Waals surface area contributed by atoms with Crippen LogP contribution in [0.25, 0.3) is 11.1 Å². The fourth-order valence-corrected chi connectivity index (χ4v) is 5.26. The third-order valence-electron chi connectivity index (χ3n) is 8.05. The van der Waals surface area contributed by atoms with Gasteiger partial charge in [0.05, 0.1) is 0 Å². The summed E-state index contributed by atoms with van der Waals surface area (Å²) in [5, 5.41) is 0. The van der Waals surface area contributed by atoms with Gasteiger partial charge in [0.1, 0.15) is 0 Å². The van der Waals surface area contributed by atoms with Crippen LogP contribution in [-0.4, -0.2) is 5.71 Å². The average Bonchev–Trinajstić information content (AvgIpc) is 2.94. The zero-order valence-electron chi connectivity index (χ0n) is 29.9. The number of hydrogen-bond donors (Lipinski definition) is 0. The highest BCUT2D eigenvalue weighted by molar-refractivity contribution is 5.87. The SMILES string of the molecule is C=C/C(=C(/C)N=C(C)C)c1ccc(C)cc1C(=C)C.CC.CC1CCCCC1.CC1CCCC[C@H]1C.CCCCC. The maximum atomic E-state index is 4.54. The molecular formula is C40H71N. The Morgan fingerprint density at radius 2 is 1.29 bits per heavy atom. The molecule has 0 N–H and O–H groups in total. The predicted octanol–water partition coefficient (Wildman–Crippen LogP) is 14.1. The van der Waals surface area contributed by atoms with Crippen molar-refractivity contribution in [3.8, 4) is 0 Å². The summed E-state index contributed by atoms with van der Waals surface area (Å²) < 4.78 is 0. The van der Waals surface area contributed by atoms with Gasteiger partial charge in [0, 0.05) is 17.0 Å². The molecular weight excluding hydrogens is 494 g/mol. The molecule has 41 heavy (non-hydrogen) atoms. The maximum absolute atomic E-state index is 4.54. The molecule has 2 saturated carbocycles. The summed E-state index contributed by atoms with van der Waals surface area (Å²) in [6.07, 6.45) is 19.3. The van der Waals surface area contributed by atoms with E-state index in [0.717, 1.165) is 45.9 Å². The lowest BCUT2D eigenvalue weighted by Crippen LogP contribution is -2.12.